The minimum absolute atomic E-state index is 0.120. The largest absolute Gasteiger partial charge is 0.346 e. The van der Waals surface area contributed by atoms with Gasteiger partial charge in [-0.25, -0.2) is 9.37 Å². The first-order valence-corrected chi connectivity index (χ1v) is 6.94. The first-order chi connectivity index (χ1) is 9.56. The van der Waals surface area contributed by atoms with Crippen molar-refractivity contribution < 1.29 is 9.18 Å². The fourth-order valence-electron chi connectivity index (χ4n) is 1.79. The summed E-state index contributed by atoms with van der Waals surface area (Å²) in [5.41, 5.74) is 0.771. The number of hydrogen-bond acceptors (Lipinski definition) is 3. The molecule has 1 atom stereocenters. The predicted molar refractivity (Wildman–Crippen MR) is 75.4 cm³/mol. The van der Waals surface area contributed by atoms with Gasteiger partial charge in [0.1, 0.15) is 18.0 Å². The van der Waals surface area contributed by atoms with E-state index in [0.717, 1.165) is 10.0 Å². The molecule has 1 heterocycles. The average molecular weight is 341 g/mol. The maximum absolute atomic E-state index is 13.1. The molecule has 2 N–H and O–H groups in total. The lowest BCUT2D eigenvalue weighted by atomic mass is 10.1. The Morgan fingerprint density at radius 2 is 2.35 bits per heavy atom. The summed E-state index contributed by atoms with van der Waals surface area (Å²) in [4.78, 5) is 15.8. The number of rotatable bonds is 5. The highest BCUT2D eigenvalue weighted by Gasteiger charge is 2.12. The number of halogens is 2. The summed E-state index contributed by atoms with van der Waals surface area (Å²) in [6.45, 7) is 1.82. The lowest BCUT2D eigenvalue weighted by Crippen LogP contribution is -2.27. The van der Waals surface area contributed by atoms with Crippen LogP contribution in [0.2, 0.25) is 0 Å². The Morgan fingerprint density at radius 3 is 3.05 bits per heavy atom. The van der Waals surface area contributed by atoms with Gasteiger partial charge in [0.25, 0.3) is 0 Å². The third-order valence-electron chi connectivity index (χ3n) is 2.85. The van der Waals surface area contributed by atoms with Crippen LogP contribution >= 0.6 is 15.9 Å². The van der Waals surface area contributed by atoms with Gasteiger partial charge in [0.05, 0.1) is 6.04 Å². The van der Waals surface area contributed by atoms with Crippen LogP contribution in [-0.4, -0.2) is 21.1 Å². The van der Waals surface area contributed by atoms with Crippen LogP contribution in [0.25, 0.3) is 0 Å². The quantitative estimate of drug-likeness (QED) is 0.878. The van der Waals surface area contributed by atoms with Crippen LogP contribution in [0.15, 0.2) is 29.0 Å². The van der Waals surface area contributed by atoms with Crippen LogP contribution in [0, 0.1) is 5.82 Å². The number of nitrogens with zero attached hydrogens (tertiary/aromatic N) is 2. The number of aromatic amines is 1. The molecule has 106 valence electrons. The molecular formula is C13H14BrFN4O. The number of benzene rings is 1. The summed E-state index contributed by atoms with van der Waals surface area (Å²) in [6, 6.07) is 4.21. The van der Waals surface area contributed by atoms with E-state index in [9.17, 15) is 9.18 Å². The molecular weight excluding hydrogens is 327 g/mol. The number of nitrogens with one attached hydrogen (secondary N) is 2. The van der Waals surface area contributed by atoms with Gasteiger partial charge in [0.2, 0.25) is 5.91 Å². The molecule has 0 radical (unpaired) electrons. The van der Waals surface area contributed by atoms with Gasteiger partial charge in [0.15, 0.2) is 0 Å². The van der Waals surface area contributed by atoms with Crippen LogP contribution < -0.4 is 5.32 Å². The molecule has 0 saturated heterocycles. The van der Waals surface area contributed by atoms with Crippen molar-refractivity contribution in [3.8, 4) is 0 Å². The summed E-state index contributed by atoms with van der Waals surface area (Å²) >= 11 is 3.34. The minimum atomic E-state index is -0.307. The van der Waals surface area contributed by atoms with E-state index < -0.39 is 0 Å². The molecule has 1 unspecified atom stereocenters. The monoisotopic (exact) mass is 340 g/mol. The zero-order chi connectivity index (χ0) is 14.5. The van der Waals surface area contributed by atoms with Crippen molar-refractivity contribution in [2.45, 2.75) is 25.8 Å². The normalized spacial score (nSPS) is 12.2. The molecule has 7 heteroatoms. The van der Waals surface area contributed by atoms with E-state index in [1.165, 1.54) is 18.5 Å². The first-order valence-electron chi connectivity index (χ1n) is 6.15. The molecule has 0 saturated carbocycles. The van der Waals surface area contributed by atoms with Crippen LogP contribution in [0.3, 0.4) is 0 Å². The zero-order valence-corrected chi connectivity index (χ0v) is 12.4. The predicted octanol–water partition coefficient (Wildman–Crippen LogP) is 2.52. The highest BCUT2D eigenvalue weighted by molar-refractivity contribution is 9.10. The van der Waals surface area contributed by atoms with Crippen molar-refractivity contribution in [3.05, 3.63) is 46.2 Å². The van der Waals surface area contributed by atoms with Crippen molar-refractivity contribution in [2.24, 2.45) is 0 Å². The van der Waals surface area contributed by atoms with E-state index in [4.69, 9.17) is 0 Å². The molecule has 0 fully saturated rings. The lowest BCUT2D eigenvalue weighted by molar-refractivity contribution is -0.121. The molecule has 1 aromatic carbocycles. The topological polar surface area (TPSA) is 70.7 Å². The molecule has 0 bridgehead atoms. The van der Waals surface area contributed by atoms with Crippen LogP contribution in [0.4, 0.5) is 4.39 Å². The van der Waals surface area contributed by atoms with Crippen LogP contribution in [0.5, 0.6) is 0 Å². The van der Waals surface area contributed by atoms with Gasteiger partial charge in [-0.2, -0.15) is 5.10 Å². The lowest BCUT2D eigenvalue weighted by Gasteiger charge is -2.11. The van der Waals surface area contributed by atoms with Crippen molar-refractivity contribution >= 4 is 21.8 Å². The average Bonchev–Trinajstić information content (AvgIpc) is 2.94. The Morgan fingerprint density at radius 1 is 1.55 bits per heavy atom. The molecule has 5 nitrogen and oxygen atoms in total. The van der Waals surface area contributed by atoms with Gasteiger partial charge in [-0.3, -0.25) is 9.89 Å². The van der Waals surface area contributed by atoms with Crippen molar-refractivity contribution in [2.75, 3.05) is 0 Å². The van der Waals surface area contributed by atoms with Crippen LogP contribution in [-0.2, 0) is 11.2 Å². The Labute approximate surface area is 124 Å². The summed E-state index contributed by atoms with van der Waals surface area (Å²) in [7, 11) is 0. The number of aryl methyl sites for hydroxylation is 1. The van der Waals surface area contributed by atoms with Crippen molar-refractivity contribution in [1.29, 1.82) is 0 Å². The molecule has 20 heavy (non-hydrogen) atoms. The number of amides is 1. The third kappa shape index (κ3) is 3.86. The van der Waals surface area contributed by atoms with Crippen molar-refractivity contribution in [1.82, 2.24) is 20.5 Å². The first kappa shape index (κ1) is 14.6. The highest BCUT2D eigenvalue weighted by Crippen LogP contribution is 2.19. The van der Waals surface area contributed by atoms with Crippen molar-refractivity contribution in [3.63, 3.8) is 0 Å². The van der Waals surface area contributed by atoms with E-state index in [1.807, 2.05) is 6.92 Å². The Kier molecular flexibility index (Phi) is 4.84. The number of aromatic nitrogens is 3. The Bertz CT molecular complexity index is 588. The van der Waals surface area contributed by atoms with E-state index >= 15 is 0 Å². The number of hydrogen-bond donors (Lipinski definition) is 2. The van der Waals surface area contributed by atoms with E-state index in [2.05, 4.69) is 36.4 Å². The molecule has 2 aromatic rings. The Balaban J connectivity index is 1.87. The summed E-state index contributed by atoms with van der Waals surface area (Å²) < 4.78 is 13.9. The number of H-pyrrole nitrogens is 1. The van der Waals surface area contributed by atoms with Gasteiger partial charge >= 0.3 is 0 Å². The summed E-state index contributed by atoms with van der Waals surface area (Å²) in [5.74, 6) is 0.175. The molecule has 1 aromatic heterocycles. The second kappa shape index (κ2) is 6.60. The second-order valence-electron chi connectivity index (χ2n) is 4.40. The summed E-state index contributed by atoms with van der Waals surface area (Å²) in [6.07, 6.45) is 2.13. The Hall–Kier alpha value is -1.76. The molecule has 0 aliphatic heterocycles. The van der Waals surface area contributed by atoms with Gasteiger partial charge < -0.3 is 5.32 Å². The van der Waals surface area contributed by atoms with Crippen LogP contribution in [0.1, 0.15) is 30.8 Å². The van der Waals surface area contributed by atoms with E-state index in [1.54, 1.807) is 6.07 Å². The smallest absolute Gasteiger partial charge is 0.220 e. The molecule has 2 rings (SSSR count). The standard InChI is InChI=1S/C13H14BrFN4O/c1-8(13-16-7-17-19-13)18-12(20)5-2-9-6-10(15)3-4-11(9)14/h3-4,6-8H,2,5H2,1H3,(H,18,20)(H,16,17,19). The zero-order valence-electron chi connectivity index (χ0n) is 10.9. The van der Waals surface area contributed by atoms with Gasteiger partial charge in [-0.15, -0.1) is 0 Å². The van der Waals surface area contributed by atoms with E-state index in [0.29, 0.717) is 12.2 Å². The minimum Gasteiger partial charge on any atom is -0.346 e. The van der Waals surface area contributed by atoms with Gasteiger partial charge in [-0.05, 0) is 37.1 Å². The van der Waals surface area contributed by atoms with E-state index in [-0.39, 0.29) is 24.2 Å². The molecule has 0 aliphatic carbocycles. The highest BCUT2D eigenvalue weighted by atomic mass is 79.9. The second-order valence-corrected chi connectivity index (χ2v) is 5.25. The SMILES string of the molecule is CC(NC(=O)CCc1cc(F)ccc1Br)c1ncn[nH]1. The number of carbonyl (C=O) groups excluding carboxylic acids is 1. The van der Waals surface area contributed by atoms with Gasteiger partial charge in [-0.1, -0.05) is 15.9 Å². The number of carbonyl (C=O) groups is 1. The maximum Gasteiger partial charge on any atom is 0.220 e. The molecule has 0 spiro atoms. The summed E-state index contributed by atoms with van der Waals surface area (Å²) in [5, 5.41) is 9.23. The fraction of sp³-hybridized carbons (Fsp3) is 0.308. The molecule has 0 aliphatic rings. The molecule has 1 amide bonds. The maximum atomic E-state index is 13.1. The fourth-order valence-corrected chi connectivity index (χ4v) is 2.23. The van der Waals surface area contributed by atoms with Gasteiger partial charge in [0, 0.05) is 10.9 Å². The third-order valence-corrected chi connectivity index (χ3v) is 3.62.